The van der Waals surface area contributed by atoms with Crippen LogP contribution < -0.4 is 19.1 Å². The molecule has 0 aliphatic carbocycles. The lowest BCUT2D eigenvalue weighted by Gasteiger charge is -2.41. The second kappa shape index (κ2) is 9.80. The largest absolute Gasteiger partial charge is 0.488 e. The summed E-state index contributed by atoms with van der Waals surface area (Å²) in [5, 5.41) is 23.5. The van der Waals surface area contributed by atoms with Crippen molar-refractivity contribution in [2.24, 2.45) is 0 Å². The van der Waals surface area contributed by atoms with Crippen molar-refractivity contribution in [1.29, 1.82) is 0 Å². The van der Waals surface area contributed by atoms with Gasteiger partial charge < -0.3 is 34.1 Å². The van der Waals surface area contributed by atoms with Gasteiger partial charge in [0.2, 0.25) is 6.79 Å². The second-order valence-electron chi connectivity index (χ2n) is 11.1. The Kier molecular flexibility index (Phi) is 6.46. The second-order valence-corrected chi connectivity index (χ2v) is 11.1. The summed E-state index contributed by atoms with van der Waals surface area (Å²) in [5.74, 6) is 1.80. The van der Waals surface area contributed by atoms with Gasteiger partial charge in [0.05, 0.1) is 17.1 Å². The Morgan fingerprint density at radius 2 is 1.74 bits per heavy atom. The van der Waals surface area contributed by atoms with Crippen LogP contribution in [0.2, 0.25) is 0 Å². The SMILES string of the molecule is CC(C)(O)CC1(c2cc3c(cc2OCc2ccccc2)OCO3)c2ccccc2N(CC2CCCO2)C1O. The molecule has 3 heterocycles. The zero-order chi connectivity index (χ0) is 26.3. The lowest BCUT2D eigenvalue weighted by molar-refractivity contribution is 0.0103. The highest BCUT2D eigenvalue weighted by atomic mass is 16.7. The lowest BCUT2D eigenvalue weighted by Crippen LogP contribution is -2.50. The van der Waals surface area contributed by atoms with Crippen LogP contribution in [-0.4, -0.2) is 48.1 Å². The highest BCUT2D eigenvalue weighted by Crippen LogP contribution is 2.56. The molecule has 1 saturated heterocycles. The number of aliphatic hydroxyl groups excluding tert-OH is 1. The number of hydrogen-bond donors (Lipinski definition) is 2. The predicted molar refractivity (Wildman–Crippen MR) is 144 cm³/mol. The van der Waals surface area contributed by atoms with E-state index in [4.69, 9.17) is 18.9 Å². The molecule has 0 spiro atoms. The van der Waals surface area contributed by atoms with E-state index in [1.54, 1.807) is 13.8 Å². The van der Waals surface area contributed by atoms with Crippen LogP contribution in [0.15, 0.2) is 66.7 Å². The molecule has 3 aliphatic heterocycles. The zero-order valence-corrected chi connectivity index (χ0v) is 21.9. The van der Waals surface area contributed by atoms with Gasteiger partial charge in [-0.15, -0.1) is 0 Å². The van der Waals surface area contributed by atoms with Crippen LogP contribution in [0.5, 0.6) is 17.2 Å². The van der Waals surface area contributed by atoms with Crippen LogP contribution in [0.1, 0.15) is 49.8 Å². The minimum absolute atomic E-state index is 0.0428. The highest BCUT2D eigenvalue weighted by molar-refractivity contribution is 5.70. The molecule has 0 aromatic heterocycles. The van der Waals surface area contributed by atoms with E-state index in [0.717, 1.165) is 41.8 Å². The summed E-state index contributed by atoms with van der Waals surface area (Å²) in [7, 11) is 0. The fourth-order valence-corrected chi connectivity index (χ4v) is 6.22. The van der Waals surface area contributed by atoms with Crippen molar-refractivity contribution >= 4 is 5.69 Å². The Bertz CT molecular complexity index is 1280. The fraction of sp³-hybridized carbons (Fsp3) is 0.419. The first-order valence-corrected chi connectivity index (χ1v) is 13.3. The molecule has 2 N–H and O–H groups in total. The van der Waals surface area contributed by atoms with Crippen LogP contribution in [0.25, 0.3) is 0 Å². The van der Waals surface area contributed by atoms with E-state index in [1.165, 1.54) is 0 Å². The average molecular weight is 518 g/mol. The Balaban J connectivity index is 1.51. The van der Waals surface area contributed by atoms with Crippen molar-refractivity contribution in [3.63, 3.8) is 0 Å². The van der Waals surface area contributed by atoms with E-state index < -0.39 is 17.2 Å². The molecule has 3 atom stereocenters. The minimum Gasteiger partial charge on any atom is -0.488 e. The summed E-state index contributed by atoms with van der Waals surface area (Å²) in [5.41, 5.74) is 1.57. The monoisotopic (exact) mass is 517 g/mol. The van der Waals surface area contributed by atoms with Gasteiger partial charge in [-0.05, 0) is 56.4 Å². The Hall–Kier alpha value is -3.26. The van der Waals surface area contributed by atoms with Crippen LogP contribution in [-0.2, 0) is 16.8 Å². The predicted octanol–water partition coefficient (Wildman–Crippen LogP) is 4.76. The van der Waals surface area contributed by atoms with E-state index in [1.807, 2.05) is 71.6 Å². The minimum atomic E-state index is -1.10. The normalized spacial score (nSPS) is 24.1. The number of benzene rings is 3. The molecule has 7 nitrogen and oxygen atoms in total. The maximum Gasteiger partial charge on any atom is 0.231 e. The number of para-hydroxylation sites is 1. The Labute approximate surface area is 223 Å². The van der Waals surface area contributed by atoms with Crippen LogP contribution in [0.4, 0.5) is 5.69 Å². The molecule has 1 fully saturated rings. The number of hydrogen-bond acceptors (Lipinski definition) is 7. The Morgan fingerprint density at radius 1 is 1.00 bits per heavy atom. The lowest BCUT2D eigenvalue weighted by atomic mass is 9.68. The molecule has 3 aromatic carbocycles. The highest BCUT2D eigenvalue weighted by Gasteiger charge is 2.55. The molecule has 6 rings (SSSR count). The van der Waals surface area contributed by atoms with E-state index >= 15 is 0 Å². The summed E-state index contributed by atoms with van der Waals surface area (Å²) >= 11 is 0. The Morgan fingerprint density at radius 3 is 2.47 bits per heavy atom. The molecule has 0 bridgehead atoms. The van der Waals surface area contributed by atoms with E-state index in [-0.39, 0.29) is 19.3 Å². The van der Waals surface area contributed by atoms with Gasteiger partial charge in [-0.25, -0.2) is 0 Å². The third-order valence-corrected chi connectivity index (χ3v) is 7.76. The number of ether oxygens (including phenoxy) is 4. The molecular formula is C31H35NO6. The van der Waals surface area contributed by atoms with Gasteiger partial charge in [0.15, 0.2) is 11.5 Å². The third kappa shape index (κ3) is 4.49. The summed E-state index contributed by atoms with van der Waals surface area (Å²) in [6.45, 7) is 5.35. The van der Waals surface area contributed by atoms with Gasteiger partial charge >= 0.3 is 0 Å². The molecule has 0 amide bonds. The van der Waals surface area contributed by atoms with E-state index in [9.17, 15) is 10.2 Å². The first-order chi connectivity index (χ1) is 18.3. The average Bonchev–Trinajstić information content (AvgIpc) is 3.64. The van der Waals surface area contributed by atoms with E-state index in [2.05, 4.69) is 0 Å². The number of fused-ring (bicyclic) bond motifs is 2. The van der Waals surface area contributed by atoms with Crippen molar-refractivity contribution in [3.8, 4) is 17.2 Å². The topological polar surface area (TPSA) is 80.6 Å². The molecule has 0 saturated carbocycles. The number of aliphatic hydroxyl groups is 2. The number of anilines is 1. The summed E-state index contributed by atoms with van der Waals surface area (Å²) in [4.78, 5) is 2.03. The summed E-state index contributed by atoms with van der Waals surface area (Å²) < 4.78 is 23.9. The van der Waals surface area contributed by atoms with Gasteiger partial charge in [0.1, 0.15) is 18.6 Å². The van der Waals surface area contributed by atoms with Crippen molar-refractivity contribution in [1.82, 2.24) is 0 Å². The van der Waals surface area contributed by atoms with Gasteiger partial charge in [0.25, 0.3) is 0 Å². The molecule has 3 aliphatic rings. The van der Waals surface area contributed by atoms with Crippen LogP contribution in [0, 0.1) is 0 Å². The zero-order valence-electron chi connectivity index (χ0n) is 21.9. The summed E-state index contributed by atoms with van der Waals surface area (Å²) in [6.07, 6.45) is 1.32. The molecular weight excluding hydrogens is 482 g/mol. The number of nitrogens with zero attached hydrogens (tertiary/aromatic N) is 1. The summed E-state index contributed by atoms with van der Waals surface area (Å²) in [6, 6.07) is 21.8. The number of rotatable bonds is 8. The first kappa shape index (κ1) is 25.0. The maximum atomic E-state index is 12.3. The molecule has 3 aromatic rings. The first-order valence-electron chi connectivity index (χ1n) is 13.3. The van der Waals surface area contributed by atoms with Gasteiger partial charge in [0, 0.05) is 30.5 Å². The van der Waals surface area contributed by atoms with Crippen molar-refractivity contribution in [3.05, 3.63) is 83.4 Å². The quantitative estimate of drug-likeness (QED) is 0.446. The van der Waals surface area contributed by atoms with Crippen LogP contribution in [0.3, 0.4) is 0 Å². The molecule has 7 heteroatoms. The van der Waals surface area contributed by atoms with Crippen molar-refractivity contribution in [2.45, 2.75) is 63.1 Å². The third-order valence-electron chi connectivity index (χ3n) is 7.76. The van der Waals surface area contributed by atoms with Crippen molar-refractivity contribution < 1.29 is 29.2 Å². The van der Waals surface area contributed by atoms with Crippen LogP contribution >= 0.6 is 0 Å². The van der Waals surface area contributed by atoms with Gasteiger partial charge in [-0.3, -0.25) is 0 Å². The molecule has 38 heavy (non-hydrogen) atoms. The smallest absolute Gasteiger partial charge is 0.231 e. The van der Waals surface area contributed by atoms with Crippen molar-refractivity contribution in [2.75, 3.05) is 24.8 Å². The molecule has 200 valence electrons. The van der Waals surface area contributed by atoms with Gasteiger partial charge in [-0.1, -0.05) is 48.5 Å². The van der Waals surface area contributed by atoms with E-state index in [0.29, 0.717) is 30.4 Å². The molecule has 0 radical (unpaired) electrons. The maximum absolute atomic E-state index is 12.3. The van der Waals surface area contributed by atoms with Gasteiger partial charge in [-0.2, -0.15) is 0 Å². The molecule has 3 unspecified atom stereocenters. The fourth-order valence-electron chi connectivity index (χ4n) is 6.22. The standard InChI is InChI=1S/C31H35NO6/c1-30(2,34)19-31(23-12-6-7-13-25(23)32(29(31)33)17-22-11-8-14-35-22)24-15-27-28(38-20-37-27)16-26(24)36-18-21-9-4-3-5-10-21/h3-7,9-10,12-13,15-16,22,29,33-34H,8,11,14,17-20H2,1-2H3.